The Morgan fingerprint density at radius 1 is 1.23 bits per heavy atom. The second-order valence-electron chi connectivity index (χ2n) is 4.26. The Morgan fingerprint density at radius 3 is 2.23 bits per heavy atom. The summed E-state index contributed by atoms with van der Waals surface area (Å²) in [7, 11) is 0. The summed E-state index contributed by atoms with van der Waals surface area (Å²) in [6.07, 6.45) is 0.165. The van der Waals surface area contributed by atoms with Crippen LogP contribution in [0.15, 0.2) is 29.6 Å². The third kappa shape index (κ3) is 3.87. The Kier molecular flexibility index (Phi) is 5.73. The number of nitrogens with two attached hydrogens (primary N) is 2. The number of esters is 1. The predicted molar refractivity (Wildman–Crippen MR) is 75.1 cm³/mol. The van der Waals surface area contributed by atoms with Crippen LogP contribution in [-0.4, -0.2) is 24.1 Å². The van der Waals surface area contributed by atoms with Gasteiger partial charge in [-0.05, 0) is 18.6 Å². The maximum Gasteiger partial charge on any atom is 0.344 e. The van der Waals surface area contributed by atoms with Crippen LogP contribution in [0.25, 0.3) is 0 Å². The van der Waals surface area contributed by atoms with Gasteiger partial charge in [-0.25, -0.2) is 13.6 Å². The van der Waals surface area contributed by atoms with Crippen molar-refractivity contribution in [2.75, 3.05) is 6.61 Å². The van der Waals surface area contributed by atoms with Gasteiger partial charge in [0, 0.05) is 5.71 Å². The SMILES string of the molecule is CCC(=N)C(C(=O)OCC(=O)c1c(F)cccc1F)=C(N)N. The number of ether oxygens (including phenoxy) is 1. The smallest absolute Gasteiger partial charge is 0.344 e. The van der Waals surface area contributed by atoms with E-state index in [9.17, 15) is 18.4 Å². The molecule has 0 atom stereocenters. The molecule has 0 heterocycles. The van der Waals surface area contributed by atoms with Crippen molar-refractivity contribution in [1.29, 1.82) is 5.41 Å². The lowest BCUT2D eigenvalue weighted by molar-refractivity contribution is -0.137. The summed E-state index contributed by atoms with van der Waals surface area (Å²) in [5.41, 5.74) is 9.24. The molecule has 6 nitrogen and oxygen atoms in total. The maximum absolute atomic E-state index is 13.4. The standard InChI is InChI=1S/C14H15F2N3O3/c1-2-9(17)12(13(18)19)14(21)22-6-10(20)11-7(15)4-3-5-8(11)16/h3-5,17H,2,6,18-19H2,1H3. The average molecular weight is 311 g/mol. The van der Waals surface area contributed by atoms with Gasteiger partial charge in [0.05, 0.1) is 5.56 Å². The molecule has 0 saturated carbocycles. The summed E-state index contributed by atoms with van der Waals surface area (Å²) in [6, 6.07) is 2.92. The van der Waals surface area contributed by atoms with Crippen LogP contribution in [0.4, 0.5) is 8.78 Å². The molecule has 1 aromatic rings. The second kappa shape index (κ2) is 7.30. The first-order valence-electron chi connectivity index (χ1n) is 6.26. The van der Waals surface area contributed by atoms with Crippen molar-refractivity contribution in [1.82, 2.24) is 0 Å². The molecule has 0 fully saturated rings. The third-order valence-electron chi connectivity index (χ3n) is 2.72. The number of ketones is 1. The van der Waals surface area contributed by atoms with E-state index in [4.69, 9.17) is 16.9 Å². The topological polar surface area (TPSA) is 119 Å². The zero-order valence-corrected chi connectivity index (χ0v) is 11.8. The molecule has 0 radical (unpaired) electrons. The average Bonchev–Trinajstić information content (AvgIpc) is 2.44. The van der Waals surface area contributed by atoms with Crippen LogP contribution in [0.5, 0.6) is 0 Å². The minimum Gasteiger partial charge on any atom is -0.454 e. The molecule has 0 aliphatic carbocycles. The van der Waals surface area contributed by atoms with Crippen LogP contribution >= 0.6 is 0 Å². The first kappa shape index (κ1) is 17.3. The molecular weight excluding hydrogens is 296 g/mol. The highest BCUT2D eigenvalue weighted by Crippen LogP contribution is 2.13. The fourth-order valence-corrected chi connectivity index (χ4v) is 1.63. The van der Waals surface area contributed by atoms with E-state index < -0.39 is 41.4 Å². The van der Waals surface area contributed by atoms with E-state index in [0.29, 0.717) is 0 Å². The summed E-state index contributed by atoms with van der Waals surface area (Å²) >= 11 is 0. The van der Waals surface area contributed by atoms with Gasteiger partial charge in [-0.15, -0.1) is 0 Å². The normalized spacial score (nSPS) is 9.95. The van der Waals surface area contributed by atoms with Gasteiger partial charge in [0.15, 0.2) is 6.61 Å². The molecule has 0 spiro atoms. The van der Waals surface area contributed by atoms with Crippen LogP contribution < -0.4 is 11.5 Å². The summed E-state index contributed by atoms with van der Waals surface area (Å²) in [5, 5.41) is 7.55. The van der Waals surface area contributed by atoms with E-state index in [0.717, 1.165) is 18.2 Å². The van der Waals surface area contributed by atoms with Crippen molar-refractivity contribution in [3.8, 4) is 0 Å². The van der Waals surface area contributed by atoms with E-state index >= 15 is 0 Å². The summed E-state index contributed by atoms with van der Waals surface area (Å²) < 4.78 is 31.5. The first-order chi connectivity index (χ1) is 10.3. The van der Waals surface area contributed by atoms with Gasteiger partial charge >= 0.3 is 5.97 Å². The minimum absolute atomic E-state index is 0.165. The number of carbonyl (C=O) groups is 2. The Bertz CT molecular complexity index is 632. The van der Waals surface area contributed by atoms with E-state index in [1.165, 1.54) is 0 Å². The molecule has 0 saturated heterocycles. The lowest BCUT2D eigenvalue weighted by Crippen LogP contribution is -2.26. The van der Waals surface area contributed by atoms with Gasteiger partial charge in [-0.1, -0.05) is 13.0 Å². The van der Waals surface area contributed by atoms with Crippen LogP contribution in [0.1, 0.15) is 23.7 Å². The largest absolute Gasteiger partial charge is 0.454 e. The molecule has 0 aromatic heterocycles. The number of hydrogen-bond acceptors (Lipinski definition) is 6. The van der Waals surface area contributed by atoms with Crippen LogP contribution in [0.2, 0.25) is 0 Å². The van der Waals surface area contributed by atoms with Crippen molar-refractivity contribution >= 4 is 17.5 Å². The number of Topliss-reactive ketones (excluding diaryl/α,β-unsaturated/α-hetero) is 1. The van der Waals surface area contributed by atoms with Gasteiger partial charge in [-0.2, -0.15) is 0 Å². The number of hydrogen-bond donors (Lipinski definition) is 3. The number of rotatable bonds is 6. The van der Waals surface area contributed by atoms with Crippen molar-refractivity contribution in [3.63, 3.8) is 0 Å². The highest BCUT2D eigenvalue weighted by atomic mass is 19.1. The van der Waals surface area contributed by atoms with Gasteiger partial charge < -0.3 is 21.6 Å². The summed E-state index contributed by atoms with van der Waals surface area (Å²) in [6.45, 7) is 0.697. The molecule has 1 rings (SSSR count). The molecule has 0 aliphatic rings. The third-order valence-corrected chi connectivity index (χ3v) is 2.72. The van der Waals surface area contributed by atoms with Crippen molar-refractivity contribution < 1.29 is 23.1 Å². The zero-order chi connectivity index (χ0) is 16.9. The van der Waals surface area contributed by atoms with Gasteiger partial charge in [0.25, 0.3) is 0 Å². The van der Waals surface area contributed by atoms with E-state index in [1.54, 1.807) is 6.92 Å². The molecule has 8 heteroatoms. The van der Waals surface area contributed by atoms with E-state index in [2.05, 4.69) is 4.74 Å². The molecular formula is C14H15F2N3O3. The Balaban J connectivity index is 2.86. The lowest BCUT2D eigenvalue weighted by Gasteiger charge is -2.10. The fraction of sp³-hybridized carbons (Fsp3) is 0.214. The van der Waals surface area contributed by atoms with Crippen molar-refractivity contribution in [2.24, 2.45) is 11.5 Å². The Morgan fingerprint density at radius 2 is 1.77 bits per heavy atom. The van der Waals surface area contributed by atoms with Gasteiger partial charge in [0.1, 0.15) is 23.0 Å². The number of halogens is 2. The summed E-state index contributed by atoms with van der Waals surface area (Å²) in [5.74, 6) is -4.70. The monoisotopic (exact) mass is 311 g/mol. The molecule has 0 aliphatic heterocycles. The van der Waals surface area contributed by atoms with E-state index in [1.807, 2.05) is 0 Å². The quantitative estimate of drug-likeness (QED) is 0.316. The molecule has 1 aromatic carbocycles. The lowest BCUT2D eigenvalue weighted by atomic mass is 10.1. The first-order valence-corrected chi connectivity index (χ1v) is 6.26. The molecule has 0 unspecified atom stereocenters. The predicted octanol–water partition coefficient (Wildman–Crippen LogP) is 1.25. The number of benzene rings is 1. The molecule has 5 N–H and O–H groups in total. The van der Waals surface area contributed by atoms with Gasteiger partial charge in [-0.3, -0.25) is 4.79 Å². The van der Waals surface area contributed by atoms with E-state index in [-0.39, 0.29) is 17.7 Å². The van der Waals surface area contributed by atoms with Crippen molar-refractivity contribution in [2.45, 2.75) is 13.3 Å². The van der Waals surface area contributed by atoms with Crippen molar-refractivity contribution in [3.05, 3.63) is 46.8 Å². The molecule has 118 valence electrons. The van der Waals surface area contributed by atoms with Crippen LogP contribution in [0.3, 0.4) is 0 Å². The Hall–Kier alpha value is -2.77. The number of nitrogens with one attached hydrogen (secondary N) is 1. The minimum atomic E-state index is -1.10. The molecule has 0 bridgehead atoms. The maximum atomic E-state index is 13.4. The highest BCUT2D eigenvalue weighted by molar-refractivity contribution is 6.19. The summed E-state index contributed by atoms with van der Waals surface area (Å²) in [4.78, 5) is 23.5. The zero-order valence-electron chi connectivity index (χ0n) is 11.8. The molecule has 0 amide bonds. The Labute approximate surface area is 125 Å². The fourth-order valence-electron chi connectivity index (χ4n) is 1.63. The highest BCUT2D eigenvalue weighted by Gasteiger charge is 2.22. The van der Waals surface area contributed by atoms with Gasteiger partial charge in [0.2, 0.25) is 5.78 Å². The molecule has 22 heavy (non-hydrogen) atoms. The second-order valence-corrected chi connectivity index (χ2v) is 4.26. The number of carbonyl (C=O) groups excluding carboxylic acids is 2. The van der Waals surface area contributed by atoms with Crippen LogP contribution in [0, 0.1) is 17.0 Å². The van der Waals surface area contributed by atoms with Crippen LogP contribution in [-0.2, 0) is 9.53 Å².